The molecule has 5 heteroatoms. The molecule has 2 rings (SSSR count). The van der Waals surface area contributed by atoms with E-state index in [1.54, 1.807) is 24.3 Å². The van der Waals surface area contributed by atoms with Gasteiger partial charge in [-0.25, -0.2) is 5.06 Å². The van der Waals surface area contributed by atoms with Crippen molar-refractivity contribution >= 4 is 23.4 Å². The summed E-state index contributed by atoms with van der Waals surface area (Å²) >= 11 is 5.80. The number of benzene rings is 2. The summed E-state index contributed by atoms with van der Waals surface area (Å²) in [6.07, 6.45) is 2.81. The molecule has 0 aliphatic carbocycles. The average molecular weight is 330 g/mol. The Labute approximate surface area is 139 Å². The van der Waals surface area contributed by atoms with Gasteiger partial charge in [0.1, 0.15) is 0 Å². The number of hydrogen-bond donors (Lipinski definition) is 0. The molecule has 0 atom stereocenters. The summed E-state index contributed by atoms with van der Waals surface area (Å²) in [6.45, 7) is 1.66. The molecule has 0 amide bonds. The molecule has 0 N–H and O–H groups in total. The lowest BCUT2D eigenvalue weighted by molar-refractivity contribution is -0.177. The molecule has 23 heavy (non-hydrogen) atoms. The Bertz CT molecular complexity index is 696. The quantitative estimate of drug-likeness (QED) is 0.456. The second-order valence-electron chi connectivity index (χ2n) is 4.83. The Balaban J connectivity index is 2.08. The minimum Gasteiger partial charge on any atom is -0.341 e. The predicted molar refractivity (Wildman–Crippen MR) is 88.7 cm³/mol. The van der Waals surface area contributed by atoms with Gasteiger partial charge in [-0.1, -0.05) is 41.9 Å². The lowest BCUT2D eigenvalue weighted by Gasteiger charge is -2.18. The molecule has 118 valence electrons. The van der Waals surface area contributed by atoms with Crippen LogP contribution >= 0.6 is 11.6 Å². The SMILES string of the molecule is CC(=O)ON(/C=C\C(=O)c1ccc(Cl)cc1)Cc1ccccc1. The van der Waals surface area contributed by atoms with E-state index in [-0.39, 0.29) is 5.78 Å². The Morgan fingerprint density at radius 1 is 1.09 bits per heavy atom. The zero-order chi connectivity index (χ0) is 16.7. The zero-order valence-corrected chi connectivity index (χ0v) is 13.4. The lowest BCUT2D eigenvalue weighted by Crippen LogP contribution is -2.20. The van der Waals surface area contributed by atoms with Crippen LogP contribution in [0.5, 0.6) is 0 Å². The number of carbonyl (C=O) groups is 2. The van der Waals surface area contributed by atoms with Gasteiger partial charge in [0.05, 0.1) is 6.54 Å². The number of rotatable bonds is 6. The van der Waals surface area contributed by atoms with Crippen LogP contribution in [0.25, 0.3) is 0 Å². The van der Waals surface area contributed by atoms with Crippen molar-refractivity contribution in [2.24, 2.45) is 0 Å². The molecule has 0 heterocycles. The summed E-state index contributed by atoms with van der Waals surface area (Å²) in [5.74, 6) is -0.656. The second kappa shape index (κ2) is 8.15. The highest BCUT2D eigenvalue weighted by Crippen LogP contribution is 2.11. The number of nitrogens with zero attached hydrogens (tertiary/aromatic N) is 1. The van der Waals surface area contributed by atoms with Crippen LogP contribution in [-0.2, 0) is 16.2 Å². The van der Waals surface area contributed by atoms with Crippen LogP contribution in [0, 0.1) is 0 Å². The van der Waals surface area contributed by atoms with Crippen molar-refractivity contribution in [1.82, 2.24) is 5.06 Å². The third kappa shape index (κ3) is 5.60. The van der Waals surface area contributed by atoms with Crippen LogP contribution in [0.4, 0.5) is 0 Å². The first-order chi connectivity index (χ1) is 11.0. The molecule has 2 aromatic rings. The molecule has 0 saturated carbocycles. The van der Waals surface area contributed by atoms with Crippen LogP contribution in [0.3, 0.4) is 0 Å². The molecule has 0 bridgehead atoms. The maximum absolute atomic E-state index is 12.1. The van der Waals surface area contributed by atoms with Gasteiger partial charge in [0.2, 0.25) is 0 Å². The fourth-order valence-electron chi connectivity index (χ4n) is 1.91. The highest BCUT2D eigenvalue weighted by atomic mass is 35.5. The summed E-state index contributed by atoms with van der Waals surface area (Å²) in [4.78, 5) is 28.4. The van der Waals surface area contributed by atoms with Crippen LogP contribution in [0.1, 0.15) is 22.8 Å². The van der Waals surface area contributed by atoms with Gasteiger partial charge >= 0.3 is 5.97 Å². The molecule has 0 spiro atoms. The Hall–Kier alpha value is -2.59. The van der Waals surface area contributed by atoms with Crippen LogP contribution in [0.15, 0.2) is 66.9 Å². The smallest absolute Gasteiger partial charge is 0.329 e. The highest BCUT2D eigenvalue weighted by Gasteiger charge is 2.07. The van der Waals surface area contributed by atoms with Crippen LogP contribution in [-0.4, -0.2) is 16.8 Å². The number of hydroxylamine groups is 2. The first-order valence-electron chi connectivity index (χ1n) is 7.02. The second-order valence-corrected chi connectivity index (χ2v) is 5.27. The van der Waals surface area contributed by atoms with Gasteiger partial charge in [0, 0.05) is 29.8 Å². The molecule has 4 nitrogen and oxygen atoms in total. The van der Waals surface area contributed by atoms with Crippen molar-refractivity contribution in [3.63, 3.8) is 0 Å². The molecule has 0 aromatic heterocycles. The van der Waals surface area contributed by atoms with Crippen molar-refractivity contribution in [3.8, 4) is 0 Å². The van der Waals surface area contributed by atoms with Gasteiger partial charge in [0.15, 0.2) is 5.78 Å². The molecule has 0 radical (unpaired) electrons. The van der Waals surface area contributed by atoms with Crippen LogP contribution in [0.2, 0.25) is 5.02 Å². The van der Waals surface area contributed by atoms with E-state index < -0.39 is 5.97 Å². The van der Waals surface area contributed by atoms with Crippen molar-refractivity contribution < 1.29 is 14.4 Å². The summed E-state index contributed by atoms with van der Waals surface area (Å²) in [5.41, 5.74) is 1.46. The molecular formula is C18H16ClNO3. The van der Waals surface area contributed by atoms with Gasteiger partial charge in [0.25, 0.3) is 0 Å². The Kier molecular flexibility index (Phi) is 5.94. The minimum absolute atomic E-state index is 0.202. The number of carbonyl (C=O) groups excluding carboxylic acids is 2. The van der Waals surface area contributed by atoms with Gasteiger partial charge in [-0.3, -0.25) is 9.59 Å². The molecule has 0 aliphatic heterocycles. The third-order valence-electron chi connectivity index (χ3n) is 2.95. The van der Waals surface area contributed by atoms with E-state index in [4.69, 9.17) is 16.4 Å². The Morgan fingerprint density at radius 2 is 1.74 bits per heavy atom. The molecule has 0 fully saturated rings. The van der Waals surface area contributed by atoms with E-state index >= 15 is 0 Å². The minimum atomic E-state index is -0.454. The van der Waals surface area contributed by atoms with Gasteiger partial charge in [-0.05, 0) is 29.8 Å². The molecule has 0 aliphatic rings. The van der Waals surface area contributed by atoms with E-state index in [2.05, 4.69) is 0 Å². The summed E-state index contributed by atoms with van der Waals surface area (Å²) in [5, 5.41) is 1.89. The first-order valence-corrected chi connectivity index (χ1v) is 7.39. The standard InChI is InChI=1S/C18H16ClNO3/c1-14(21)23-20(13-15-5-3-2-4-6-15)12-11-18(22)16-7-9-17(19)10-8-16/h2-12H,13H2,1H3/b12-11-. The van der Waals surface area contributed by atoms with Crippen molar-refractivity contribution in [3.05, 3.63) is 83.0 Å². The Morgan fingerprint density at radius 3 is 2.35 bits per heavy atom. The van der Waals surface area contributed by atoms with Gasteiger partial charge < -0.3 is 4.84 Å². The maximum Gasteiger partial charge on any atom is 0.329 e. The van der Waals surface area contributed by atoms with E-state index in [1.807, 2.05) is 30.3 Å². The van der Waals surface area contributed by atoms with Crippen molar-refractivity contribution in [2.45, 2.75) is 13.5 Å². The number of halogens is 1. The van der Waals surface area contributed by atoms with Crippen molar-refractivity contribution in [2.75, 3.05) is 0 Å². The predicted octanol–water partition coefficient (Wildman–Crippen LogP) is 4.02. The monoisotopic (exact) mass is 329 g/mol. The summed E-state index contributed by atoms with van der Waals surface area (Å²) in [7, 11) is 0. The molecule has 0 saturated heterocycles. The van der Waals surface area contributed by atoms with Gasteiger partial charge in [-0.15, -0.1) is 0 Å². The molecule has 2 aromatic carbocycles. The average Bonchev–Trinajstić information content (AvgIpc) is 2.53. The fraction of sp³-hybridized carbons (Fsp3) is 0.111. The number of hydrogen-bond acceptors (Lipinski definition) is 4. The van der Waals surface area contributed by atoms with E-state index in [1.165, 1.54) is 24.3 Å². The maximum atomic E-state index is 12.1. The molecular weight excluding hydrogens is 314 g/mol. The number of allylic oxidation sites excluding steroid dienone is 1. The third-order valence-corrected chi connectivity index (χ3v) is 3.20. The number of ketones is 1. The van der Waals surface area contributed by atoms with Crippen LogP contribution < -0.4 is 0 Å². The van der Waals surface area contributed by atoms with Crippen molar-refractivity contribution in [1.29, 1.82) is 0 Å². The normalized spacial score (nSPS) is 10.5. The van der Waals surface area contributed by atoms with E-state index in [0.717, 1.165) is 5.56 Å². The lowest BCUT2D eigenvalue weighted by atomic mass is 10.1. The van der Waals surface area contributed by atoms with E-state index in [9.17, 15) is 9.59 Å². The van der Waals surface area contributed by atoms with Gasteiger partial charge in [-0.2, -0.15) is 0 Å². The largest absolute Gasteiger partial charge is 0.341 e. The summed E-state index contributed by atoms with van der Waals surface area (Å²) < 4.78 is 0. The molecule has 0 unspecified atom stereocenters. The first kappa shape index (κ1) is 16.8. The topological polar surface area (TPSA) is 46.6 Å². The van der Waals surface area contributed by atoms with E-state index in [0.29, 0.717) is 17.1 Å². The summed E-state index contributed by atoms with van der Waals surface area (Å²) in [6, 6.07) is 16.1. The highest BCUT2D eigenvalue weighted by molar-refractivity contribution is 6.30. The zero-order valence-electron chi connectivity index (χ0n) is 12.6. The fourth-order valence-corrected chi connectivity index (χ4v) is 2.03.